The number of carbonyl (C=O) groups excluding carboxylic acids is 1. The summed E-state index contributed by atoms with van der Waals surface area (Å²) >= 11 is 6.67. The number of pyridine rings is 1. The van der Waals surface area contributed by atoms with Crippen LogP contribution in [0.2, 0.25) is 0 Å². The van der Waals surface area contributed by atoms with Crippen LogP contribution in [-0.2, 0) is 49.1 Å². The molecule has 10 heterocycles. The lowest BCUT2D eigenvalue weighted by atomic mass is 10.0. The van der Waals surface area contributed by atoms with E-state index in [1.807, 2.05) is 80.1 Å². The molecule has 8 aliphatic rings. The molecule has 0 bridgehead atoms. The number of ether oxygens (including phenoxy) is 3. The van der Waals surface area contributed by atoms with Crippen LogP contribution in [0.25, 0.3) is 11.1 Å². The van der Waals surface area contributed by atoms with Crippen LogP contribution in [0.1, 0.15) is 50.8 Å². The highest BCUT2D eigenvalue weighted by Gasteiger charge is 2.38. The smallest absolute Gasteiger partial charge is 0.211 e. The quantitative estimate of drug-likeness (QED) is 0.372. The van der Waals surface area contributed by atoms with Crippen molar-refractivity contribution in [3.05, 3.63) is 60.7 Å². The van der Waals surface area contributed by atoms with Gasteiger partial charge in [-0.15, -0.1) is 0 Å². The van der Waals surface area contributed by atoms with Gasteiger partial charge in [-0.1, -0.05) is 24.6 Å². The summed E-state index contributed by atoms with van der Waals surface area (Å²) in [7, 11) is 1.75. The fourth-order valence-corrected chi connectivity index (χ4v) is 12.2. The number of likely N-dealkylation sites (tertiary alicyclic amines) is 2. The van der Waals surface area contributed by atoms with Crippen molar-refractivity contribution in [2.45, 2.75) is 57.7 Å². The number of morpholine rings is 1. The highest BCUT2D eigenvalue weighted by molar-refractivity contribution is 7.99. The molecule has 2 aromatic heterocycles. The second-order valence-electron chi connectivity index (χ2n) is 20.5. The average Bonchev–Trinajstić information content (AvgIpc) is 4.20. The van der Waals surface area contributed by atoms with E-state index in [2.05, 4.69) is 56.0 Å². The summed E-state index contributed by atoms with van der Waals surface area (Å²) in [5, 5.41) is 3.90. The number of fused-ring (bicyclic) bond motifs is 1. The molecule has 0 unspecified atom stereocenters. The summed E-state index contributed by atoms with van der Waals surface area (Å²) in [6.07, 6.45) is 14.1. The number of hydrogen-bond donors (Lipinski definition) is 1. The van der Waals surface area contributed by atoms with Crippen molar-refractivity contribution in [1.29, 1.82) is 0 Å². The molecular weight excluding hydrogens is 1130 g/mol. The number of aryl methyl sites for hydroxylation is 1. The molecule has 0 saturated carbocycles. The topological polar surface area (TPSA) is 224 Å². The van der Waals surface area contributed by atoms with Gasteiger partial charge in [-0.3, -0.25) is 9.78 Å². The zero-order valence-electron chi connectivity index (χ0n) is 49.2. The minimum atomic E-state index is -2.97. The van der Waals surface area contributed by atoms with Gasteiger partial charge in [-0.05, 0) is 77.5 Å². The number of oxazole rings is 1. The number of hydrogen-bond acceptors (Lipinski definition) is 19. The first-order valence-electron chi connectivity index (χ1n) is 27.6. The molecule has 3 aromatic rings. The first kappa shape index (κ1) is 71.3. The molecule has 80 heavy (non-hydrogen) atoms. The predicted octanol–water partition coefficient (Wildman–Crippen LogP) is 3.33. The Balaban J connectivity index is 0.000000238. The number of Topliss-reactive ketones (excluding diaryl/α,β-unsaturated/α-hetero) is 1. The number of benzene rings is 1. The molecule has 458 valence electrons. The number of aromatic nitrogens is 2. The summed E-state index contributed by atoms with van der Waals surface area (Å²) in [5.41, 5.74) is 1.79. The number of sulfonamides is 3. The van der Waals surface area contributed by atoms with Gasteiger partial charge in [0.2, 0.25) is 30.1 Å². The summed E-state index contributed by atoms with van der Waals surface area (Å²) < 4.78 is 91.3. The molecule has 1 spiro atoms. The van der Waals surface area contributed by atoms with Gasteiger partial charge in [-0.25, -0.2) is 38.8 Å². The van der Waals surface area contributed by atoms with E-state index in [1.54, 1.807) is 16.7 Å². The number of likely N-dealkylation sites (N-methyl/N-ethyl adjacent to an activating group) is 3. The van der Waals surface area contributed by atoms with Gasteiger partial charge in [0.15, 0.2) is 22.4 Å². The third kappa shape index (κ3) is 31.1. The Labute approximate surface area is 489 Å². The van der Waals surface area contributed by atoms with Gasteiger partial charge >= 0.3 is 0 Å². The monoisotopic (exact) mass is 1220 g/mol. The summed E-state index contributed by atoms with van der Waals surface area (Å²) in [4.78, 5) is 29.8. The van der Waals surface area contributed by atoms with Crippen LogP contribution in [0.3, 0.4) is 0 Å². The molecule has 0 atom stereocenters. The van der Waals surface area contributed by atoms with Crippen molar-refractivity contribution in [3.8, 4) is 0 Å². The predicted molar refractivity (Wildman–Crippen MR) is 326 cm³/mol. The van der Waals surface area contributed by atoms with E-state index < -0.39 is 30.1 Å². The fourth-order valence-electron chi connectivity index (χ4n) is 8.34. The van der Waals surface area contributed by atoms with Crippen molar-refractivity contribution in [1.82, 2.24) is 52.7 Å². The van der Waals surface area contributed by atoms with E-state index in [1.165, 1.54) is 60.0 Å². The fraction of sp³-hybridized carbons (Fsp3) is 0.736. The SMILES string of the molecule is CN1CCC(=O)CC1.CN1CCC2(CC1)OCCO2.CN1CCN(C)CC1.CN1CCNC1=S.CS(=O)(=O)N1CCCCC1.CS(=O)(=O)N1CCOCC1.CS(=O)(=O)N1CCSCC1.Cc1nc2ccccc2o1.c1ccncc1. The van der Waals surface area contributed by atoms with Gasteiger partial charge in [-0.2, -0.15) is 16.1 Å². The minimum absolute atomic E-state index is 0.188. The number of nitrogens with one attached hydrogen (secondary N) is 1. The maximum Gasteiger partial charge on any atom is 0.211 e. The first-order valence-corrected chi connectivity index (χ1v) is 34.7. The van der Waals surface area contributed by atoms with Crippen LogP contribution in [0.15, 0.2) is 59.3 Å². The molecule has 0 amide bonds. The van der Waals surface area contributed by atoms with Crippen LogP contribution in [0.4, 0.5) is 0 Å². The van der Waals surface area contributed by atoms with Crippen molar-refractivity contribution >= 4 is 76.0 Å². The zero-order valence-corrected chi connectivity index (χ0v) is 53.3. The molecule has 1 aromatic carbocycles. The van der Waals surface area contributed by atoms with Gasteiger partial charge in [0.25, 0.3) is 0 Å². The van der Waals surface area contributed by atoms with Gasteiger partial charge in [0.1, 0.15) is 11.3 Å². The molecule has 8 saturated heterocycles. The lowest BCUT2D eigenvalue weighted by Crippen LogP contribution is -2.43. The first-order chi connectivity index (χ1) is 37.9. The van der Waals surface area contributed by atoms with Crippen LogP contribution in [0, 0.1) is 6.92 Å². The average molecular weight is 1220 g/mol. The Morgan fingerprint density at radius 3 is 1.43 bits per heavy atom. The van der Waals surface area contributed by atoms with E-state index in [9.17, 15) is 30.0 Å². The van der Waals surface area contributed by atoms with Crippen LogP contribution >= 0.6 is 24.0 Å². The highest BCUT2D eigenvalue weighted by atomic mass is 32.2. The standard InChI is InChI=1S/C8H15NO2.C8H7NO.C6H14N2.C6H13NO2S.C6H11NO.C5H11NO3S.C5H11NO2S2.C5H5N.C4H8N2S/c1-9-4-2-8(3-5-9)10-6-7-11-8;1-6-9-7-4-2-3-5-8(7)10-6;1-7-3-5-8(2)6-4-7;1-10(8,9)7-5-3-2-4-6-7;1-7-4-2-6(8)3-5-7;2*1-10(7,8)6-2-4-9-5-3-6;1-2-4-6-5-3-1;1-6-3-2-5-4(6)7/h2-7H2,1H3;2-5H,1H3;3-6H2,1-2H3;2-6H2,1H3;2-5H2,1H3;2*2-5H2,1H3;1-5H;2-3H2,1H3,(H,5,7). The molecular formula is C53H95N11O11S5. The highest BCUT2D eigenvalue weighted by Crippen LogP contribution is 2.30. The summed E-state index contributed by atoms with van der Waals surface area (Å²) in [5.74, 6) is 2.83. The lowest BCUT2D eigenvalue weighted by Gasteiger charge is -2.35. The van der Waals surface area contributed by atoms with E-state index in [0.29, 0.717) is 45.2 Å². The second-order valence-corrected chi connectivity index (χ2v) is 28.1. The number of thioether (sulfide) groups is 1. The summed E-state index contributed by atoms with van der Waals surface area (Å²) in [6.45, 7) is 19.4. The van der Waals surface area contributed by atoms with Crippen molar-refractivity contribution in [3.63, 3.8) is 0 Å². The molecule has 27 heteroatoms. The van der Waals surface area contributed by atoms with Crippen LogP contribution in [0.5, 0.6) is 0 Å². The number of ketones is 1. The van der Waals surface area contributed by atoms with Gasteiger partial charge in [0.05, 0.1) is 45.2 Å². The van der Waals surface area contributed by atoms with E-state index in [4.69, 9.17) is 30.8 Å². The molecule has 1 N–H and O–H groups in total. The van der Waals surface area contributed by atoms with Crippen LogP contribution in [-0.4, -0.2) is 286 Å². The van der Waals surface area contributed by atoms with Crippen molar-refractivity contribution < 1.29 is 48.7 Å². The van der Waals surface area contributed by atoms with Crippen molar-refractivity contribution in [2.24, 2.45) is 0 Å². The van der Waals surface area contributed by atoms with E-state index in [-0.39, 0.29) is 5.79 Å². The minimum Gasteiger partial charge on any atom is -0.441 e. The maximum atomic E-state index is 10.9. The number of para-hydroxylation sites is 2. The Kier molecular flexibility index (Phi) is 33.9. The molecule has 0 aliphatic carbocycles. The third-order valence-corrected chi connectivity index (χ3v) is 18.8. The Morgan fingerprint density at radius 1 is 0.575 bits per heavy atom. The Bertz CT molecular complexity index is 2310. The summed E-state index contributed by atoms with van der Waals surface area (Å²) in [6, 6.07) is 13.4. The zero-order chi connectivity index (χ0) is 59.0. The van der Waals surface area contributed by atoms with E-state index in [0.717, 1.165) is 138 Å². The Hall–Kier alpha value is -3.00. The Morgan fingerprint density at radius 2 is 1.05 bits per heavy atom. The molecule has 8 fully saturated rings. The normalized spacial score (nSPS) is 21.6. The third-order valence-electron chi connectivity index (χ3n) is 13.5. The molecule has 0 radical (unpaired) electrons. The second kappa shape index (κ2) is 38.0. The number of rotatable bonds is 3. The number of piperidine rings is 3. The van der Waals surface area contributed by atoms with E-state index >= 15 is 0 Å². The largest absolute Gasteiger partial charge is 0.441 e. The van der Waals surface area contributed by atoms with Crippen molar-refractivity contribution in [2.75, 3.05) is 197 Å². The van der Waals surface area contributed by atoms with Crippen LogP contribution < -0.4 is 5.32 Å². The number of piperazine rings is 1. The molecule has 22 nitrogen and oxygen atoms in total. The molecule has 8 aliphatic heterocycles. The maximum absolute atomic E-state index is 10.9. The van der Waals surface area contributed by atoms with Gasteiger partial charge < -0.3 is 48.4 Å². The molecule has 11 rings (SSSR count). The number of carbonyl (C=O) groups is 1. The van der Waals surface area contributed by atoms with Gasteiger partial charge in [0, 0.05) is 168 Å². The number of nitrogens with zero attached hydrogens (tertiary/aromatic N) is 10. The lowest BCUT2D eigenvalue weighted by molar-refractivity contribution is -0.183. The number of thiocarbonyl (C=S) groups is 1.